The molecule has 0 bridgehead atoms. The van der Waals surface area contributed by atoms with Gasteiger partial charge in [0.25, 0.3) is 0 Å². The zero-order valence-corrected chi connectivity index (χ0v) is 15.1. The van der Waals surface area contributed by atoms with Crippen LogP contribution in [0, 0.1) is 11.8 Å². The molecule has 4 heteroatoms. The summed E-state index contributed by atoms with van der Waals surface area (Å²) in [7, 11) is 2.21. The van der Waals surface area contributed by atoms with E-state index in [0.29, 0.717) is 12.0 Å². The first kappa shape index (κ1) is 15.8. The fourth-order valence-corrected chi connectivity index (χ4v) is 4.17. The Morgan fingerprint density at radius 1 is 1.17 bits per heavy atom. The SMILES string of the molecule is CC1CCC(c2ccc3cn(C4CCN(C)CC4C)nc3c2)=NC1. The Morgan fingerprint density at radius 2 is 2.04 bits per heavy atom. The molecule has 1 fully saturated rings. The van der Waals surface area contributed by atoms with E-state index >= 15 is 0 Å². The number of benzene rings is 1. The molecule has 3 heterocycles. The van der Waals surface area contributed by atoms with Crippen LogP contribution in [0.15, 0.2) is 29.4 Å². The molecule has 1 aromatic heterocycles. The number of likely N-dealkylation sites (tertiary alicyclic amines) is 1. The van der Waals surface area contributed by atoms with Gasteiger partial charge in [-0.3, -0.25) is 9.67 Å². The lowest BCUT2D eigenvalue weighted by Crippen LogP contribution is -2.37. The third kappa shape index (κ3) is 3.00. The van der Waals surface area contributed by atoms with E-state index in [0.717, 1.165) is 37.5 Å². The average Bonchev–Trinajstić information content (AvgIpc) is 2.98. The highest BCUT2D eigenvalue weighted by Crippen LogP contribution is 2.29. The van der Waals surface area contributed by atoms with Gasteiger partial charge >= 0.3 is 0 Å². The molecule has 2 aromatic rings. The Balaban J connectivity index is 1.62. The molecule has 3 unspecified atom stereocenters. The summed E-state index contributed by atoms with van der Waals surface area (Å²) in [5.74, 6) is 1.37. The van der Waals surface area contributed by atoms with E-state index in [1.165, 1.54) is 29.5 Å². The Bertz CT molecular complexity index is 760. The second kappa shape index (κ2) is 6.32. The summed E-state index contributed by atoms with van der Waals surface area (Å²) in [4.78, 5) is 7.20. The number of hydrogen-bond acceptors (Lipinski definition) is 3. The van der Waals surface area contributed by atoms with E-state index in [2.05, 4.69) is 54.9 Å². The molecule has 0 saturated carbocycles. The minimum absolute atomic E-state index is 0.518. The highest BCUT2D eigenvalue weighted by Gasteiger charge is 2.26. The summed E-state index contributed by atoms with van der Waals surface area (Å²) in [6, 6.07) is 7.19. The van der Waals surface area contributed by atoms with E-state index in [-0.39, 0.29) is 0 Å². The van der Waals surface area contributed by atoms with Crippen LogP contribution in [0.1, 0.15) is 44.7 Å². The molecule has 1 saturated heterocycles. The minimum Gasteiger partial charge on any atom is -0.306 e. The second-order valence-corrected chi connectivity index (χ2v) is 7.91. The maximum Gasteiger partial charge on any atom is 0.0930 e. The van der Waals surface area contributed by atoms with Crippen LogP contribution in [0.2, 0.25) is 0 Å². The van der Waals surface area contributed by atoms with Crippen molar-refractivity contribution >= 4 is 16.6 Å². The van der Waals surface area contributed by atoms with Crippen LogP contribution in [0.5, 0.6) is 0 Å². The molecule has 3 atom stereocenters. The zero-order valence-electron chi connectivity index (χ0n) is 15.1. The fourth-order valence-electron chi connectivity index (χ4n) is 4.17. The van der Waals surface area contributed by atoms with E-state index < -0.39 is 0 Å². The maximum atomic E-state index is 4.93. The normalized spacial score (nSPS) is 29.0. The number of aromatic nitrogens is 2. The summed E-state index contributed by atoms with van der Waals surface area (Å²) >= 11 is 0. The van der Waals surface area contributed by atoms with Gasteiger partial charge in [0.1, 0.15) is 0 Å². The minimum atomic E-state index is 0.518. The third-order valence-corrected chi connectivity index (χ3v) is 5.73. The van der Waals surface area contributed by atoms with Gasteiger partial charge in [0.05, 0.1) is 11.6 Å². The van der Waals surface area contributed by atoms with Gasteiger partial charge in [-0.05, 0) is 56.3 Å². The molecule has 0 spiro atoms. The van der Waals surface area contributed by atoms with Gasteiger partial charge in [-0.25, -0.2) is 0 Å². The van der Waals surface area contributed by atoms with Gasteiger partial charge < -0.3 is 4.90 Å². The monoisotopic (exact) mass is 324 g/mol. The van der Waals surface area contributed by atoms with Crippen LogP contribution in [0.3, 0.4) is 0 Å². The number of rotatable bonds is 2. The largest absolute Gasteiger partial charge is 0.306 e. The Kier molecular flexibility index (Phi) is 4.17. The smallest absolute Gasteiger partial charge is 0.0930 e. The van der Waals surface area contributed by atoms with Gasteiger partial charge in [-0.15, -0.1) is 0 Å². The van der Waals surface area contributed by atoms with Crippen LogP contribution in [-0.4, -0.2) is 47.1 Å². The number of nitrogens with zero attached hydrogens (tertiary/aromatic N) is 4. The van der Waals surface area contributed by atoms with Gasteiger partial charge in [0.15, 0.2) is 0 Å². The van der Waals surface area contributed by atoms with Gasteiger partial charge in [0.2, 0.25) is 0 Å². The molecule has 4 nitrogen and oxygen atoms in total. The van der Waals surface area contributed by atoms with E-state index in [4.69, 9.17) is 10.1 Å². The lowest BCUT2D eigenvalue weighted by atomic mass is 9.94. The Labute approximate surface area is 144 Å². The predicted octanol–water partition coefficient (Wildman–Crippen LogP) is 3.77. The molecule has 2 aliphatic heterocycles. The van der Waals surface area contributed by atoms with Crippen molar-refractivity contribution in [3.63, 3.8) is 0 Å². The molecule has 0 aliphatic carbocycles. The van der Waals surface area contributed by atoms with Gasteiger partial charge in [-0.2, -0.15) is 5.10 Å². The highest BCUT2D eigenvalue weighted by atomic mass is 15.3. The Morgan fingerprint density at radius 3 is 2.79 bits per heavy atom. The quantitative estimate of drug-likeness (QED) is 0.842. The second-order valence-electron chi connectivity index (χ2n) is 7.91. The lowest BCUT2D eigenvalue weighted by molar-refractivity contribution is 0.151. The number of fused-ring (bicyclic) bond motifs is 1. The summed E-state index contributed by atoms with van der Waals surface area (Å²) in [6.45, 7) is 7.91. The van der Waals surface area contributed by atoms with Crippen molar-refractivity contribution in [1.82, 2.24) is 14.7 Å². The summed E-state index contributed by atoms with van der Waals surface area (Å²) < 4.78 is 2.22. The standard InChI is InChI=1S/C20H28N4/c1-14-4-7-18(21-11-14)16-5-6-17-13-24(22-19(17)10-16)20-8-9-23(3)12-15(20)2/h5-6,10,13-15,20H,4,7-9,11-12H2,1-3H3. The van der Waals surface area contributed by atoms with Crippen LogP contribution in [-0.2, 0) is 0 Å². The molecule has 0 amide bonds. The topological polar surface area (TPSA) is 33.4 Å². The zero-order chi connectivity index (χ0) is 16.7. The molecular weight excluding hydrogens is 296 g/mol. The average molecular weight is 324 g/mol. The third-order valence-electron chi connectivity index (χ3n) is 5.73. The summed E-state index contributed by atoms with van der Waals surface area (Å²) in [5, 5.41) is 6.17. The lowest BCUT2D eigenvalue weighted by Gasteiger charge is -2.34. The fraction of sp³-hybridized carbons (Fsp3) is 0.600. The first-order valence-electron chi connectivity index (χ1n) is 9.31. The highest BCUT2D eigenvalue weighted by molar-refractivity contribution is 6.03. The Hall–Kier alpha value is -1.68. The van der Waals surface area contributed by atoms with E-state index in [1.54, 1.807) is 0 Å². The van der Waals surface area contributed by atoms with Crippen molar-refractivity contribution in [2.45, 2.75) is 39.2 Å². The van der Waals surface area contributed by atoms with Crippen LogP contribution >= 0.6 is 0 Å². The molecule has 24 heavy (non-hydrogen) atoms. The molecule has 2 aliphatic rings. The number of aliphatic imine (C=N–C) groups is 1. The molecule has 1 aromatic carbocycles. The molecule has 128 valence electrons. The van der Waals surface area contributed by atoms with Crippen molar-refractivity contribution in [3.05, 3.63) is 30.0 Å². The van der Waals surface area contributed by atoms with Gasteiger partial charge in [-0.1, -0.05) is 26.0 Å². The van der Waals surface area contributed by atoms with E-state index in [1.807, 2.05) is 0 Å². The summed E-state index contributed by atoms with van der Waals surface area (Å²) in [5.41, 5.74) is 3.63. The van der Waals surface area contributed by atoms with Crippen LogP contribution in [0.25, 0.3) is 10.9 Å². The summed E-state index contributed by atoms with van der Waals surface area (Å²) in [6.07, 6.45) is 5.76. The first-order valence-corrected chi connectivity index (χ1v) is 9.31. The van der Waals surface area contributed by atoms with E-state index in [9.17, 15) is 0 Å². The van der Waals surface area contributed by atoms with Crippen molar-refractivity contribution in [3.8, 4) is 0 Å². The first-order chi connectivity index (χ1) is 11.6. The molecular formula is C20H28N4. The van der Waals surface area contributed by atoms with Crippen molar-refractivity contribution in [1.29, 1.82) is 0 Å². The van der Waals surface area contributed by atoms with Crippen molar-refractivity contribution in [2.24, 2.45) is 16.8 Å². The van der Waals surface area contributed by atoms with Crippen LogP contribution < -0.4 is 0 Å². The maximum absolute atomic E-state index is 4.93. The van der Waals surface area contributed by atoms with Crippen molar-refractivity contribution < 1.29 is 0 Å². The molecule has 4 rings (SSSR count). The predicted molar refractivity (Wildman–Crippen MR) is 99.9 cm³/mol. The number of piperidine rings is 1. The molecule has 0 radical (unpaired) electrons. The van der Waals surface area contributed by atoms with Crippen molar-refractivity contribution in [2.75, 3.05) is 26.7 Å². The van der Waals surface area contributed by atoms with Crippen LogP contribution in [0.4, 0.5) is 0 Å². The van der Waals surface area contributed by atoms with Gasteiger partial charge in [0, 0.05) is 30.4 Å². The number of hydrogen-bond donors (Lipinski definition) is 0. The molecule has 0 N–H and O–H groups in total.